The number of rotatable bonds is 4. The van der Waals surface area contributed by atoms with Gasteiger partial charge in [-0.2, -0.15) is 0 Å². The average Bonchev–Trinajstić information content (AvgIpc) is 2.81. The van der Waals surface area contributed by atoms with Crippen molar-refractivity contribution in [2.75, 3.05) is 0 Å². The molecule has 0 radical (unpaired) electrons. The maximum atomic E-state index is 9.96. The Morgan fingerprint density at radius 1 is 1.25 bits per heavy atom. The summed E-state index contributed by atoms with van der Waals surface area (Å²) in [5, 5.41) is 0. The van der Waals surface area contributed by atoms with Gasteiger partial charge >= 0.3 is 0 Å². The molecule has 1 aliphatic rings. The topological polar surface area (TPSA) is 38.7 Å². The molecule has 0 bridgehead atoms. The first-order valence-electron chi connectivity index (χ1n) is 5.68. The van der Waals surface area contributed by atoms with E-state index >= 15 is 0 Å². The first-order valence-corrected chi connectivity index (χ1v) is 5.68. The van der Waals surface area contributed by atoms with E-state index in [-0.39, 0.29) is 0 Å². The molecule has 0 unspecified atom stereocenters. The second-order valence-corrected chi connectivity index (χ2v) is 4.08. The highest BCUT2D eigenvalue weighted by atomic mass is 16.5. The van der Waals surface area contributed by atoms with Crippen LogP contribution < -0.4 is 4.74 Å². The summed E-state index contributed by atoms with van der Waals surface area (Å²) >= 11 is 0. The van der Waals surface area contributed by atoms with Gasteiger partial charge in [0.25, 0.3) is 0 Å². The quantitative estimate of drug-likeness (QED) is 0.574. The van der Waals surface area contributed by atoms with E-state index in [1.54, 1.807) is 0 Å². The standard InChI is InChI=1S/C13H15NO2/c15-10-14-9-11-5-7-13(8-6-11)16-12-3-1-2-4-12/h5-8,12H,1-4,9H2. The van der Waals surface area contributed by atoms with E-state index in [4.69, 9.17) is 4.74 Å². The fraction of sp³-hybridized carbons (Fsp3) is 0.462. The van der Waals surface area contributed by atoms with Crippen molar-refractivity contribution in [1.82, 2.24) is 0 Å². The predicted octanol–water partition coefficient (Wildman–Crippen LogP) is 2.84. The maximum absolute atomic E-state index is 9.96. The molecule has 3 nitrogen and oxygen atoms in total. The minimum atomic E-state index is 0.388. The monoisotopic (exact) mass is 217 g/mol. The van der Waals surface area contributed by atoms with Crippen LogP contribution in [0.25, 0.3) is 0 Å². The van der Waals surface area contributed by atoms with E-state index in [0.29, 0.717) is 12.6 Å². The number of nitrogens with zero attached hydrogens (tertiary/aromatic N) is 1. The van der Waals surface area contributed by atoms with Gasteiger partial charge in [-0.1, -0.05) is 12.1 Å². The van der Waals surface area contributed by atoms with Crippen LogP contribution in [0.2, 0.25) is 0 Å². The zero-order chi connectivity index (χ0) is 11.2. The molecule has 1 aromatic rings. The minimum Gasteiger partial charge on any atom is -0.490 e. The van der Waals surface area contributed by atoms with Crippen LogP contribution in [0.3, 0.4) is 0 Å². The minimum absolute atomic E-state index is 0.388. The summed E-state index contributed by atoms with van der Waals surface area (Å²) in [6.07, 6.45) is 6.80. The lowest BCUT2D eigenvalue weighted by molar-refractivity contribution is 0.210. The molecule has 0 atom stereocenters. The van der Waals surface area contributed by atoms with E-state index in [2.05, 4.69) is 4.99 Å². The van der Waals surface area contributed by atoms with Crippen LogP contribution in [-0.2, 0) is 11.3 Å². The van der Waals surface area contributed by atoms with E-state index < -0.39 is 0 Å². The summed E-state index contributed by atoms with van der Waals surface area (Å²) in [4.78, 5) is 13.5. The van der Waals surface area contributed by atoms with Crippen LogP contribution in [-0.4, -0.2) is 12.2 Å². The smallest absolute Gasteiger partial charge is 0.235 e. The molecule has 0 N–H and O–H groups in total. The third kappa shape index (κ3) is 2.94. The van der Waals surface area contributed by atoms with Crippen molar-refractivity contribution in [3.8, 4) is 5.75 Å². The molecule has 2 rings (SSSR count). The Bertz CT molecular complexity index is 373. The van der Waals surface area contributed by atoms with Crippen molar-refractivity contribution in [2.45, 2.75) is 38.3 Å². The van der Waals surface area contributed by atoms with Gasteiger partial charge in [0.2, 0.25) is 6.08 Å². The molecular formula is C13H15NO2. The molecule has 16 heavy (non-hydrogen) atoms. The van der Waals surface area contributed by atoms with Crippen molar-refractivity contribution in [3.63, 3.8) is 0 Å². The number of isocyanates is 1. The Morgan fingerprint density at radius 2 is 1.94 bits per heavy atom. The summed E-state index contributed by atoms with van der Waals surface area (Å²) < 4.78 is 5.83. The van der Waals surface area contributed by atoms with E-state index in [9.17, 15) is 4.79 Å². The van der Waals surface area contributed by atoms with Crippen LogP contribution in [0.4, 0.5) is 0 Å². The normalized spacial score (nSPS) is 15.8. The fourth-order valence-electron chi connectivity index (χ4n) is 2.00. The maximum Gasteiger partial charge on any atom is 0.235 e. The Balaban J connectivity index is 1.93. The first-order chi connectivity index (χ1) is 7.88. The molecule has 0 aromatic heterocycles. The molecular weight excluding hydrogens is 202 g/mol. The van der Waals surface area contributed by atoms with E-state index in [0.717, 1.165) is 24.2 Å². The Hall–Kier alpha value is -1.60. The zero-order valence-electron chi connectivity index (χ0n) is 9.19. The number of hydrogen-bond acceptors (Lipinski definition) is 3. The lowest BCUT2D eigenvalue weighted by atomic mass is 10.2. The molecule has 0 aliphatic heterocycles. The second kappa shape index (κ2) is 5.47. The molecule has 1 saturated carbocycles. The van der Waals surface area contributed by atoms with Gasteiger partial charge in [-0.15, -0.1) is 0 Å². The lowest BCUT2D eigenvalue weighted by Crippen LogP contribution is -2.10. The van der Waals surface area contributed by atoms with Gasteiger partial charge in [0.1, 0.15) is 5.75 Å². The van der Waals surface area contributed by atoms with E-state index in [1.165, 1.54) is 18.9 Å². The van der Waals surface area contributed by atoms with Gasteiger partial charge in [0.15, 0.2) is 0 Å². The second-order valence-electron chi connectivity index (χ2n) is 4.08. The van der Waals surface area contributed by atoms with Crippen LogP contribution in [0.5, 0.6) is 5.75 Å². The van der Waals surface area contributed by atoms with Gasteiger partial charge in [-0.3, -0.25) is 0 Å². The summed E-state index contributed by atoms with van der Waals surface area (Å²) in [5.41, 5.74) is 1.00. The molecule has 84 valence electrons. The van der Waals surface area contributed by atoms with Gasteiger partial charge in [-0.05, 0) is 43.4 Å². The molecule has 1 aromatic carbocycles. The summed E-state index contributed by atoms with van der Waals surface area (Å²) in [7, 11) is 0. The van der Waals surface area contributed by atoms with Gasteiger partial charge in [-0.25, -0.2) is 9.79 Å². The largest absolute Gasteiger partial charge is 0.490 e. The number of aliphatic imine (C=N–C) groups is 1. The number of carbonyl (C=O) groups excluding carboxylic acids is 1. The number of hydrogen-bond donors (Lipinski definition) is 0. The van der Waals surface area contributed by atoms with Crippen LogP contribution in [0.1, 0.15) is 31.2 Å². The van der Waals surface area contributed by atoms with Crippen LogP contribution >= 0.6 is 0 Å². The zero-order valence-corrected chi connectivity index (χ0v) is 9.19. The summed E-state index contributed by atoms with van der Waals surface area (Å²) in [6, 6.07) is 7.75. The van der Waals surface area contributed by atoms with Crippen LogP contribution in [0, 0.1) is 0 Å². The number of benzene rings is 1. The number of ether oxygens (including phenoxy) is 1. The Morgan fingerprint density at radius 3 is 2.56 bits per heavy atom. The molecule has 3 heteroatoms. The van der Waals surface area contributed by atoms with Gasteiger partial charge in [0.05, 0.1) is 12.6 Å². The molecule has 0 heterocycles. The first kappa shape index (κ1) is 10.9. The van der Waals surface area contributed by atoms with Crippen molar-refractivity contribution in [2.24, 2.45) is 4.99 Å². The third-order valence-electron chi connectivity index (χ3n) is 2.85. The fourth-order valence-corrected chi connectivity index (χ4v) is 2.00. The molecule has 0 amide bonds. The van der Waals surface area contributed by atoms with Crippen molar-refractivity contribution in [3.05, 3.63) is 29.8 Å². The SMILES string of the molecule is O=C=NCc1ccc(OC2CCCC2)cc1. The average molecular weight is 217 g/mol. The highest BCUT2D eigenvalue weighted by Gasteiger charge is 2.16. The highest BCUT2D eigenvalue weighted by Crippen LogP contribution is 2.24. The van der Waals surface area contributed by atoms with Gasteiger partial charge < -0.3 is 4.74 Å². The molecule has 0 spiro atoms. The molecule has 0 saturated heterocycles. The van der Waals surface area contributed by atoms with Crippen LogP contribution in [0.15, 0.2) is 29.3 Å². The van der Waals surface area contributed by atoms with Crippen molar-refractivity contribution >= 4 is 6.08 Å². The molecule has 1 aliphatic carbocycles. The highest BCUT2D eigenvalue weighted by molar-refractivity contribution is 5.34. The van der Waals surface area contributed by atoms with Crippen molar-refractivity contribution in [1.29, 1.82) is 0 Å². The van der Waals surface area contributed by atoms with E-state index in [1.807, 2.05) is 24.3 Å². The summed E-state index contributed by atoms with van der Waals surface area (Å²) in [6.45, 7) is 0.396. The predicted molar refractivity (Wildman–Crippen MR) is 61.2 cm³/mol. The Kier molecular flexibility index (Phi) is 3.73. The third-order valence-corrected chi connectivity index (χ3v) is 2.85. The Labute approximate surface area is 95.2 Å². The molecule has 1 fully saturated rings. The summed E-state index contributed by atoms with van der Waals surface area (Å²) in [5.74, 6) is 0.908. The van der Waals surface area contributed by atoms with Crippen molar-refractivity contribution < 1.29 is 9.53 Å². The van der Waals surface area contributed by atoms with Gasteiger partial charge in [0, 0.05) is 0 Å². The lowest BCUT2D eigenvalue weighted by Gasteiger charge is -2.12.